The molecule has 0 aliphatic heterocycles. The third kappa shape index (κ3) is 7.82. The summed E-state index contributed by atoms with van der Waals surface area (Å²) in [6.07, 6.45) is -0.750. The first-order chi connectivity index (χ1) is 18.8. The first-order valence-electron chi connectivity index (χ1n) is 13.3. The lowest BCUT2D eigenvalue weighted by atomic mass is 9.96. The van der Waals surface area contributed by atoms with E-state index in [9.17, 15) is 19.6 Å². The fourth-order valence-electron chi connectivity index (χ4n) is 4.62. The van der Waals surface area contributed by atoms with E-state index in [0.29, 0.717) is 11.3 Å². The zero-order chi connectivity index (χ0) is 29.6. The van der Waals surface area contributed by atoms with Crippen molar-refractivity contribution in [2.75, 3.05) is 11.9 Å². The predicted octanol–water partition coefficient (Wildman–Crippen LogP) is 6.04. The first kappa shape index (κ1) is 30.2. The molecular formula is C32H38N4O4. The highest BCUT2D eigenvalue weighted by Gasteiger charge is 2.37. The molecule has 0 aliphatic rings. The van der Waals surface area contributed by atoms with Crippen LogP contribution in [0.2, 0.25) is 0 Å². The van der Waals surface area contributed by atoms with Gasteiger partial charge in [0.1, 0.15) is 24.2 Å². The molecule has 0 aliphatic carbocycles. The summed E-state index contributed by atoms with van der Waals surface area (Å²) in [7, 11) is 0. The Labute approximate surface area is 236 Å². The Morgan fingerprint density at radius 2 is 1.57 bits per heavy atom. The number of carbonyl (C=O) groups excluding carboxylic acids is 3. The number of nitriles is 1. The lowest BCUT2D eigenvalue weighted by molar-refractivity contribution is -0.140. The summed E-state index contributed by atoms with van der Waals surface area (Å²) >= 11 is 0. The number of fused-ring (bicyclic) bond motifs is 1. The molecule has 3 amide bonds. The Morgan fingerprint density at radius 1 is 0.950 bits per heavy atom. The van der Waals surface area contributed by atoms with Crippen LogP contribution in [0.15, 0.2) is 60.7 Å². The molecule has 40 heavy (non-hydrogen) atoms. The highest BCUT2D eigenvalue weighted by Crippen LogP contribution is 2.28. The fourth-order valence-corrected chi connectivity index (χ4v) is 4.62. The van der Waals surface area contributed by atoms with Gasteiger partial charge in [-0.2, -0.15) is 5.26 Å². The molecule has 2 unspecified atom stereocenters. The molecule has 0 aromatic heterocycles. The number of alkyl carbamates (subject to hydrolysis) is 1. The average molecular weight is 543 g/mol. The maximum absolute atomic E-state index is 14.0. The molecule has 8 nitrogen and oxygen atoms in total. The van der Waals surface area contributed by atoms with Gasteiger partial charge in [-0.3, -0.25) is 9.59 Å². The van der Waals surface area contributed by atoms with E-state index in [4.69, 9.17) is 4.74 Å². The van der Waals surface area contributed by atoms with Crippen LogP contribution in [0, 0.1) is 31.1 Å². The molecule has 0 fully saturated rings. The Balaban J connectivity index is 2.04. The Bertz CT molecular complexity index is 1410. The maximum atomic E-state index is 14.0. The lowest BCUT2D eigenvalue weighted by Crippen LogP contribution is -2.54. The van der Waals surface area contributed by atoms with Gasteiger partial charge in [0.25, 0.3) is 5.91 Å². The van der Waals surface area contributed by atoms with Crippen LogP contribution in [0.5, 0.6) is 0 Å². The Morgan fingerprint density at radius 3 is 2.15 bits per heavy atom. The second-order valence-corrected chi connectivity index (χ2v) is 11.4. The second-order valence-electron chi connectivity index (χ2n) is 11.4. The minimum absolute atomic E-state index is 0.343. The van der Waals surface area contributed by atoms with Crippen LogP contribution in [0.1, 0.15) is 57.4 Å². The van der Waals surface area contributed by atoms with Crippen LogP contribution in [-0.2, 0) is 14.3 Å². The molecular weight excluding hydrogens is 504 g/mol. The van der Waals surface area contributed by atoms with Gasteiger partial charge in [0.05, 0.1) is 6.07 Å². The quantitative estimate of drug-likeness (QED) is 0.337. The standard InChI is InChI=1S/C32H38N4O4/c1-20(2)27(35-31(39)40-32(5,6)7)30(38)36(15-14-33)28(25-17-21(3)16-22(4)18-25)29(37)34-26-13-12-23-10-8-9-11-24(23)19-26/h8-13,16-20,27-28H,15H2,1-7H3,(H,34,37)(H,35,39). The van der Waals surface area contributed by atoms with E-state index in [1.807, 2.05) is 74.5 Å². The number of nitrogens with one attached hydrogen (secondary N) is 2. The van der Waals surface area contributed by atoms with Crippen molar-refractivity contribution in [3.63, 3.8) is 0 Å². The highest BCUT2D eigenvalue weighted by atomic mass is 16.6. The van der Waals surface area contributed by atoms with Crippen molar-refractivity contribution >= 4 is 34.4 Å². The average Bonchev–Trinajstić information content (AvgIpc) is 2.84. The molecule has 0 bridgehead atoms. The van der Waals surface area contributed by atoms with Gasteiger partial charge in [0.2, 0.25) is 5.91 Å². The summed E-state index contributed by atoms with van der Waals surface area (Å²) < 4.78 is 5.38. The molecule has 2 atom stereocenters. The first-order valence-corrected chi connectivity index (χ1v) is 13.3. The smallest absolute Gasteiger partial charge is 0.408 e. The van der Waals surface area contributed by atoms with Crippen LogP contribution in [-0.4, -0.2) is 41.0 Å². The summed E-state index contributed by atoms with van der Waals surface area (Å²) in [5.41, 5.74) is 2.20. The minimum Gasteiger partial charge on any atom is -0.444 e. The summed E-state index contributed by atoms with van der Waals surface area (Å²) in [5.74, 6) is -1.37. The zero-order valence-electron chi connectivity index (χ0n) is 24.2. The highest BCUT2D eigenvalue weighted by molar-refractivity contribution is 6.00. The van der Waals surface area contributed by atoms with Gasteiger partial charge in [0.15, 0.2) is 0 Å². The van der Waals surface area contributed by atoms with Crippen molar-refractivity contribution in [2.24, 2.45) is 5.92 Å². The number of hydrogen-bond acceptors (Lipinski definition) is 5. The van der Waals surface area contributed by atoms with E-state index < -0.39 is 35.6 Å². The number of aryl methyl sites for hydroxylation is 2. The number of nitrogens with zero attached hydrogens (tertiary/aromatic N) is 2. The molecule has 3 rings (SSSR count). The van der Waals surface area contributed by atoms with E-state index in [0.717, 1.165) is 21.9 Å². The van der Waals surface area contributed by atoms with Gasteiger partial charge in [0, 0.05) is 5.69 Å². The largest absolute Gasteiger partial charge is 0.444 e. The maximum Gasteiger partial charge on any atom is 0.408 e. The molecule has 210 valence electrons. The number of rotatable bonds is 8. The van der Waals surface area contributed by atoms with Crippen molar-refractivity contribution in [3.8, 4) is 6.07 Å². The van der Waals surface area contributed by atoms with Gasteiger partial charge < -0.3 is 20.3 Å². The van der Waals surface area contributed by atoms with Crippen molar-refractivity contribution in [1.82, 2.24) is 10.2 Å². The van der Waals surface area contributed by atoms with Gasteiger partial charge >= 0.3 is 6.09 Å². The number of benzene rings is 3. The topological polar surface area (TPSA) is 112 Å². The monoisotopic (exact) mass is 542 g/mol. The molecule has 0 heterocycles. The van der Waals surface area contributed by atoms with Crippen LogP contribution in [0.25, 0.3) is 10.8 Å². The molecule has 0 saturated heterocycles. The Kier molecular flexibility index (Phi) is 9.54. The molecule has 0 saturated carbocycles. The fraction of sp³-hybridized carbons (Fsp3) is 0.375. The molecule has 0 spiro atoms. The van der Waals surface area contributed by atoms with Crippen molar-refractivity contribution in [3.05, 3.63) is 77.4 Å². The van der Waals surface area contributed by atoms with E-state index in [1.54, 1.807) is 40.7 Å². The molecule has 2 N–H and O–H groups in total. The van der Waals surface area contributed by atoms with Gasteiger partial charge in [-0.05, 0) is 69.0 Å². The predicted molar refractivity (Wildman–Crippen MR) is 157 cm³/mol. The van der Waals surface area contributed by atoms with Gasteiger partial charge in [-0.15, -0.1) is 0 Å². The van der Waals surface area contributed by atoms with Crippen LogP contribution < -0.4 is 10.6 Å². The Hall–Kier alpha value is -4.38. The van der Waals surface area contributed by atoms with Crippen LogP contribution in [0.3, 0.4) is 0 Å². The summed E-state index contributed by atoms with van der Waals surface area (Å²) in [6.45, 7) is 12.2. The molecule has 8 heteroatoms. The van der Waals surface area contributed by atoms with Gasteiger partial charge in [-0.1, -0.05) is 73.5 Å². The van der Waals surface area contributed by atoms with Crippen LogP contribution >= 0.6 is 0 Å². The number of anilines is 1. The van der Waals surface area contributed by atoms with E-state index in [2.05, 4.69) is 10.6 Å². The molecule has 3 aromatic carbocycles. The second kappa shape index (κ2) is 12.6. The van der Waals surface area contributed by atoms with E-state index in [-0.39, 0.29) is 12.5 Å². The summed E-state index contributed by atoms with van der Waals surface area (Å²) in [6, 6.07) is 18.9. The van der Waals surface area contributed by atoms with Gasteiger partial charge in [-0.25, -0.2) is 4.79 Å². The number of amides is 3. The SMILES string of the molecule is Cc1cc(C)cc(C(C(=O)Nc2ccc3ccccc3c2)N(CC#N)C(=O)C(NC(=O)OC(C)(C)C)C(C)C)c1. The number of carbonyl (C=O) groups is 3. The van der Waals surface area contributed by atoms with Crippen molar-refractivity contribution in [1.29, 1.82) is 5.26 Å². The third-order valence-electron chi connectivity index (χ3n) is 6.27. The third-order valence-corrected chi connectivity index (χ3v) is 6.27. The summed E-state index contributed by atoms with van der Waals surface area (Å²) in [4.78, 5) is 41.8. The normalized spacial score (nSPS) is 12.8. The minimum atomic E-state index is -1.13. The molecule has 3 aromatic rings. The molecule has 0 radical (unpaired) electrons. The van der Waals surface area contributed by atoms with Crippen molar-refractivity contribution in [2.45, 2.75) is 66.2 Å². The van der Waals surface area contributed by atoms with Crippen molar-refractivity contribution < 1.29 is 19.1 Å². The number of ether oxygens (including phenoxy) is 1. The lowest BCUT2D eigenvalue weighted by Gasteiger charge is -2.34. The van der Waals surface area contributed by atoms with E-state index in [1.165, 1.54) is 4.90 Å². The van der Waals surface area contributed by atoms with Crippen LogP contribution in [0.4, 0.5) is 10.5 Å². The summed E-state index contributed by atoms with van der Waals surface area (Å²) in [5, 5.41) is 17.3. The zero-order valence-corrected chi connectivity index (χ0v) is 24.2. The van der Waals surface area contributed by atoms with E-state index >= 15 is 0 Å². The number of hydrogen-bond donors (Lipinski definition) is 2.